The predicted molar refractivity (Wildman–Crippen MR) is 76.9 cm³/mol. The summed E-state index contributed by atoms with van der Waals surface area (Å²) in [6.07, 6.45) is 4.54. The van der Waals surface area contributed by atoms with Crippen LogP contribution in [0.2, 0.25) is 5.02 Å². The van der Waals surface area contributed by atoms with Gasteiger partial charge in [-0.1, -0.05) is 36.6 Å². The molecule has 1 aromatic heterocycles. The van der Waals surface area contributed by atoms with Crippen LogP contribution in [-0.4, -0.2) is 4.98 Å². The van der Waals surface area contributed by atoms with Gasteiger partial charge in [-0.2, -0.15) is 0 Å². The van der Waals surface area contributed by atoms with Gasteiger partial charge in [-0.15, -0.1) is 11.3 Å². The fourth-order valence-electron chi connectivity index (χ4n) is 2.48. The second kappa shape index (κ2) is 4.65. The molecule has 2 N–H and O–H groups in total. The van der Waals surface area contributed by atoms with E-state index in [-0.39, 0.29) is 5.54 Å². The van der Waals surface area contributed by atoms with Gasteiger partial charge in [0.1, 0.15) is 5.01 Å². The van der Waals surface area contributed by atoms with E-state index < -0.39 is 0 Å². The third kappa shape index (κ3) is 2.18. The second-order valence-electron chi connectivity index (χ2n) is 4.91. The maximum Gasteiger partial charge on any atom is 0.113 e. The summed E-state index contributed by atoms with van der Waals surface area (Å²) in [5.74, 6) is 0. The van der Waals surface area contributed by atoms with Gasteiger partial charge in [0, 0.05) is 16.0 Å². The minimum atomic E-state index is -0.185. The molecular weight excluding hydrogens is 264 g/mol. The van der Waals surface area contributed by atoms with E-state index in [1.165, 1.54) is 12.8 Å². The van der Waals surface area contributed by atoms with Crippen molar-refractivity contribution in [2.75, 3.05) is 0 Å². The van der Waals surface area contributed by atoms with Crippen molar-refractivity contribution in [2.45, 2.75) is 31.2 Å². The van der Waals surface area contributed by atoms with Crippen LogP contribution in [0.3, 0.4) is 0 Å². The molecule has 0 aliphatic heterocycles. The fourth-order valence-corrected chi connectivity index (χ4v) is 3.60. The molecule has 94 valence electrons. The molecule has 1 aliphatic rings. The number of nitrogens with zero attached hydrogens (tertiary/aromatic N) is 1. The van der Waals surface area contributed by atoms with E-state index in [4.69, 9.17) is 22.3 Å². The lowest BCUT2D eigenvalue weighted by molar-refractivity contribution is 0.459. The van der Waals surface area contributed by atoms with E-state index in [2.05, 4.69) is 5.38 Å². The number of aromatic nitrogens is 1. The molecule has 1 aliphatic carbocycles. The Morgan fingerprint density at radius 3 is 2.50 bits per heavy atom. The molecule has 0 spiro atoms. The zero-order valence-electron chi connectivity index (χ0n) is 10.0. The molecule has 0 unspecified atom stereocenters. The Balaban J connectivity index is 1.91. The summed E-state index contributed by atoms with van der Waals surface area (Å²) in [6.45, 7) is 0. The normalized spacial score (nSPS) is 18.1. The first-order valence-corrected chi connectivity index (χ1v) is 7.44. The molecule has 0 amide bonds. The number of hydrogen-bond acceptors (Lipinski definition) is 3. The molecule has 0 bridgehead atoms. The smallest absolute Gasteiger partial charge is 0.113 e. The van der Waals surface area contributed by atoms with E-state index in [0.717, 1.165) is 34.1 Å². The number of nitrogens with two attached hydrogens (primary N) is 1. The topological polar surface area (TPSA) is 38.9 Å². The summed E-state index contributed by atoms with van der Waals surface area (Å²) in [4.78, 5) is 4.71. The number of rotatable bonds is 2. The van der Waals surface area contributed by atoms with Crippen LogP contribution in [0.4, 0.5) is 0 Å². The zero-order valence-corrected chi connectivity index (χ0v) is 11.6. The van der Waals surface area contributed by atoms with Crippen LogP contribution in [0.15, 0.2) is 29.6 Å². The first-order chi connectivity index (χ1) is 8.67. The van der Waals surface area contributed by atoms with Crippen LogP contribution in [0.25, 0.3) is 11.3 Å². The molecule has 4 heteroatoms. The van der Waals surface area contributed by atoms with Gasteiger partial charge in [0.15, 0.2) is 0 Å². The summed E-state index contributed by atoms with van der Waals surface area (Å²) >= 11 is 7.57. The van der Waals surface area contributed by atoms with Gasteiger partial charge < -0.3 is 5.73 Å². The first-order valence-electron chi connectivity index (χ1n) is 6.18. The average Bonchev–Trinajstić information content (AvgIpc) is 2.99. The van der Waals surface area contributed by atoms with Crippen molar-refractivity contribution in [3.05, 3.63) is 39.7 Å². The monoisotopic (exact) mass is 278 g/mol. The number of hydrogen-bond donors (Lipinski definition) is 1. The molecule has 1 fully saturated rings. The first kappa shape index (κ1) is 12.2. The molecule has 18 heavy (non-hydrogen) atoms. The lowest BCUT2D eigenvalue weighted by atomic mass is 10.0. The maximum absolute atomic E-state index is 6.42. The highest BCUT2D eigenvalue weighted by Gasteiger charge is 2.34. The van der Waals surface area contributed by atoms with Crippen molar-refractivity contribution in [3.8, 4) is 11.3 Å². The summed E-state index contributed by atoms with van der Waals surface area (Å²) < 4.78 is 0. The molecule has 2 nitrogen and oxygen atoms in total. The van der Waals surface area contributed by atoms with E-state index in [0.29, 0.717) is 0 Å². The van der Waals surface area contributed by atoms with Gasteiger partial charge in [0.25, 0.3) is 0 Å². The van der Waals surface area contributed by atoms with Crippen LogP contribution in [0.5, 0.6) is 0 Å². The minimum absolute atomic E-state index is 0.185. The highest BCUT2D eigenvalue weighted by atomic mass is 35.5. The minimum Gasteiger partial charge on any atom is -0.319 e. The third-order valence-corrected chi connectivity index (χ3v) is 4.88. The molecular formula is C14H15ClN2S. The van der Waals surface area contributed by atoms with Crippen LogP contribution >= 0.6 is 22.9 Å². The van der Waals surface area contributed by atoms with Crippen molar-refractivity contribution in [3.63, 3.8) is 0 Å². The van der Waals surface area contributed by atoms with Crippen molar-refractivity contribution < 1.29 is 0 Å². The van der Waals surface area contributed by atoms with Crippen LogP contribution in [0, 0.1) is 0 Å². The Hall–Kier alpha value is -0.900. The summed E-state index contributed by atoms with van der Waals surface area (Å²) in [6, 6.07) is 7.78. The van der Waals surface area contributed by atoms with E-state index >= 15 is 0 Å². The molecule has 2 aromatic rings. The van der Waals surface area contributed by atoms with Gasteiger partial charge in [-0.25, -0.2) is 4.98 Å². The van der Waals surface area contributed by atoms with Crippen LogP contribution in [-0.2, 0) is 5.54 Å². The highest BCUT2D eigenvalue weighted by Crippen LogP contribution is 2.38. The summed E-state index contributed by atoms with van der Waals surface area (Å²) in [5.41, 5.74) is 8.34. The quantitative estimate of drug-likeness (QED) is 0.894. The zero-order chi connectivity index (χ0) is 12.6. The van der Waals surface area contributed by atoms with Gasteiger partial charge in [0.2, 0.25) is 0 Å². The largest absolute Gasteiger partial charge is 0.319 e. The molecule has 3 rings (SSSR count). The van der Waals surface area contributed by atoms with Crippen LogP contribution in [0.1, 0.15) is 30.7 Å². The van der Waals surface area contributed by atoms with Gasteiger partial charge in [0.05, 0.1) is 11.2 Å². The Labute approximate surface area is 116 Å². The Bertz CT molecular complexity index is 541. The lowest BCUT2D eigenvalue weighted by Crippen LogP contribution is -2.32. The van der Waals surface area contributed by atoms with E-state index in [1.54, 1.807) is 11.3 Å². The number of halogens is 1. The number of benzene rings is 1. The van der Waals surface area contributed by atoms with Gasteiger partial charge in [-0.3, -0.25) is 0 Å². The molecule has 0 atom stereocenters. The van der Waals surface area contributed by atoms with Crippen molar-refractivity contribution in [2.24, 2.45) is 5.73 Å². The summed E-state index contributed by atoms with van der Waals surface area (Å²) in [7, 11) is 0. The van der Waals surface area contributed by atoms with Gasteiger partial charge >= 0.3 is 0 Å². The van der Waals surface area contributed by atoms with Crippen molar-refractivity contribution >= 4 is 22.9 Å². The molecule has 0 radical (unpaired) electrons. The molecule has 1 heterocycles. The van der Waals surface area contributed by atoms with Crippen LogP contribution < -0.4 is 5.73 Å². The lowest BCUT2D eigenvalue weighted by Gasteiger charge is -2.19. The van der Waals surface area contributed by atoms with Gasteiger partial charge in [-0.05, 0) is 25.0 Å². The SMILES string of the molecule is NC1(c2nc(-c3ccc(Cl)cc3)cs2)CCCC1. The molecule has 1 aromatic carbocycles. The molecule has 0 saturated heterocycles. The maximum atomic E-state index is 6.42. The Morgan fingerprint density at radius 2 is 1.83 bits per heavy atom. The average molecular weight is 279 g/mol. The Kier molecular flexibility index (Phi) is 3.14. The van der Waals surface area contributed by atoms with Crippen molar-refractivity contribution in [1.82, 2.24) is 4.98 Å². The second-order valence-corrected chi connectivity index (χ2v) is 6.20. The fraction of sp³-hybridized carbons (Fsp3) is 0.357. The third-order valence-electron chi connectivity index (χ3n) is 3.57. The predicted octanol–water partition coefficient (Wildman–Crippen LogP) is 4.19. The van der Waals surface area contributed by atoms with Crippen molar-refractivity contribution in [1.29, 1.82) is 0 Å². The number of thiazole rings is 1. The standard InChI is InChI=1S/C14H15ClN2S/c15-11-5-3-10(4-6-11)12-9-18-13(17-12)14(16)7-1-2-8-14/h3-6,9H,1-2,7-8,16H2. The molecule has 1 saturated carbocycles. The Morgan fingerprint density at radius 1 is 1.17 bits per heavy atom. The van der Waals surface area contributed by atoms with E-state index in [1.807, 2.05) is 24.3 Å². The summed E-state index contributed by atoms with van der Waals surface area (Å²) in [5, 5.41) is 3.91. The van der Waals surface area contributed by atoms with E-state index in [9.17, 15) is 0 Å². The highest BCUT2D eigenvalue weighted by molar-refractivity contribution is 7.10.